The van der Waals surface area contributed by atoms with Crippen LogP contribution in [0.2, 0.25) is 0 Å². The molecule has 2 aromatic carbocycles. The number of benzene rings is 2. The standard InChI is InChI=1S/C19H21NO5/c1-4-12(3)25-15-7-5-13(6-8-15)18(22)20-14-9-11(2)17(21)16(10-14)19(23)24/h5-10,12,21H,4H2,1-3H3,(H,20,22)(H,23,24)/t12-/m0/s1. The van der Waals surface area contributed by atoms with Crippen LogP contribution in [0.1, 0.15) is 46.5 Å². The van der Waals surface area contributed by atoms with Gasteiger partial charge in [0.2, 0.25) is 0 Å². The molecule has 25 heavy (non-hydrogen) atoms. The van der Waals surface area contributed by atoms with Gasteiger partial charge in [0.15, 0.2) is 0 Å². The summed E-state index contributed by atoms with van der Waals surface area (Å²) in [6, 6.07) is 9.44. The molecule has 0 spiro atoms. The first kappa shape index (κ1) is 18.3. The summed E-state index contributed by atoms with van der Waals surface area (Å²) in [5.41, 5.74) is 0.830. The van der Waals surface area contributed by atoms with Crippen molar-refractivity contribution in [2.45, 2.75) is 33.3 Å². The number of hydrogen-bond acceptors (Lipinski definition) is 4. The Balaban J connectivity index is 2.16. The van der Waals surface area contributed by atoms with Gasteiger partial charge < -0.3 is 20.3 Å². The van der Waals surface area contributed by atoms with E-state index in [0.29, 0.717) is 22.6 Å². The van der Waals surface area contributed by atoms with Gasteiger partial charge in [0.1, 0.15) is 17.1 Å². The molecule has 0 saturated heterocycles. The minimum Gasteiger partial charge on any atom is -0.507 e. The quantitative estimate of drug-likeness (QED) is 0.693. The van der Waals surface area contributed by atoms with Crippen molar-refractivity contribution in [3.8, 4) is 11.5 Å². The first-order valence-corrected chi connectivity index (χ1v) is 7.96. The lowest BCUT2D eigenvalue weighted by Crippen LogP contribution is -2.13. The van der Waals surface area contributed by atoms with E-state index in [1.165, 1.54) is 12.1 Å². The largest absolute Gasteiger partial charge is 0.507 e. The van der Waals surface area contributed by atoms with E-state index < -0.39 is 5.97 Å². The van der Waals surface area contributed by atoms with Crippen LogP contribution < -0.4 is 10.1 Å². The Hall–Kier alpha value is -3.02. The van der Waals surface area contributed by atoms with Crippen molar-refractivity contribution in [1.29, 1.82) is 0 Å². The van der Waals surface area contributed by atoms with Crippen LogP contribution in [0.5, 0.6) is 11.5 Å². The summed E-state index contributed by atoms with van der Waals surface area (Å²) in [7, 11) is 0. The molecule has 0 saturated carbocycles. The van der Waals surface area contributed by atoms with Crippen LogP contribution in [0.3, 0.4) is 0 Å². The van der Waals surface area contributed by atoms with E-state index in [-0.39, 0.29) is 23.3 Å². The van der Waals surface area contributed by atoms with Crippen LogP contribution in [0.15, 0.2) is 36.4 Å². The molecule has 6 heteroatoms. The van der Waals surface area contributed by atoms with Crippen LogP contribution in [0.25, 0.3) is 0 Å². The molecular weight excluding hydrogens is 322 g/mol. The maximum atomic E-state index is 12.3. The number of nitrogens with one attached hydrogen (secondary N) is 1. The third-order valence-electron chi connectivity index (χ3n) is 3.82. The number of aryl methyl sites for hydroxylation is 1. The zero-order chi connectivity index (χ0) is 18.6. The molecule has 3 N–H and O–H groups in total. The van der Waals surface area contributed by atoms with E-state index in [4.69, 9.17) is 9.84 Å². The molecule has 132 valence electrons. The van der Waals surface area contributed by atoms with Gasteiger partial charge in [0.05, 0.1) is 6.10 Å². The third kappa shape index (κ3) is 4.50. The van der Waals surface area contributed by atoms with Crippen molar-refractivity contribution < 1.29 is 24.5 Å². The number of carbonyl (C=O) groups excluding carboxylic acids is 1. The normalized spacial score (nSPS) is 11.6. The van der Waals surface area contributed by atoms with Crippen molar-refractivity contribution >= 4 is 17.6 Å². The van der Waals surface area contributed by atoms with Crippen molar-refractivity contribution in [2.24, 2.45) is 0 Å². The SMILES string of the molecule is CC[C@H](C)Oc1ccc(C(=O)Nc2cc(C)c(O)c(C(=O)O)c2)cc1. The van der Waals surface area contributed by atoms with Crippen LogP contribution in [0.4, 0.5) is 5.69 Å². The van der Waals surface area contributed by atoms with E-state index in [1.807, 2.05) is 13.8 Å². The highest BCUT2D eigenvalue weighted by molar-refractivity contribution is 6.05. The number of carboxylic acid groups (broad SMARTS) is 1. The zero-order valence-corrected chi connectivity index (χ0v) is 14.4. The lowest BCUT2D eigenvalue weighted by atomic mass is 10.1. The summed E-state index contributed by atoms with van der Waals surface area (Å²) < 4.78 is 5.66. The van der Waals surface area contributed by atoms with E-state index in [9.17, 15) is 14.7 Å². The highest BCUT2D eigenvalue weighted by Gasteiger charge is 2.15. The van der Waals surface area contributed by atoms with E-state index in [0.717, 1.165) is 6.42 Å². The van der Waals surface area contributed by atoms with Gasteiger partial charge in [-0.05, 0) is 62.2 Å². The predicted octanol–water partition coefficient (Wildman–Crippen LogP) is 3.83. The van der Waals surface area contributed by atoms with Crippen LogP contribution >= 0.6 is 0 Å². The molecule has 2 rings (SSSR count). The molecule has 1 amide bonds. The fourth-order valence-corrected chi connectivity index (χ4v) is 2.22. The minimum atomic E-state index is -1.26. The number of ether oxygens (including phenoxy) is 1. The van der Waals surface area contributed by atoms with Gasteiger partial charge in [-0.2, -0.15) is 0 Å². The molecule has 0 heterocycles. The van der Waals surface area contributed by atoms with E-state index >= 15 is 0 Å². The number of hydrogen-bond donors (Lipinski definition) is 3. The molecule has 0 unspecified atom stereocenters. The van der Waals surface area contributed by atoms with Crippen LogP contribution in [-0.4, -0.2) is 28.2 Å². The topological polar surface area (TPSA) is 95.9 Å². The van der Waals surface area contributed by atoms with Gasteiger partial charge >= 0.3 is 5.97 Å². The van der Waals surface area contributed by atoms with Gasteiger partial charge in [-0.1, -0.05) is 6.92 Å². The summed E-state index contributed by atoms with van der Waals surface area (Å²) >= 11 is 0. The van der Waals surface area contributed by atoms with Gasteiger partial charge in [-0.25, -0.2) is 4.79 Å². The number of aromatic carboxylic acids is 1. The molecule has 0 aliphatic carbocycles. The van der Waals surface area contributed by atoms with Gasteiger partial charge in [0, 0.05) is 11.3 Å². The van der Waals surface area contributed by atoms with Gasteiger partial charge in [0.25, 0.3) is 5.91 Å². The molecule has 0 aromatic heterocycles. The van der Waals surface area contributed by atoms with Gasteiger partial charge in [-0.15, -0.1) is 0 Å². The Morgan fingerprint density at radius 2 is 1.84 bits per heavy atom. The summed E-state index contributed by atoms with van der Waals surface area (Å²) in [5.74, 6) is -1.27. The number of aromatic hydroxyl groups is 1. The molecule has 0 radical (unpaired) electrons. The molecule has 1 atom stereocenters. The molecule has 0 fully saturated rings. The second kappa shape index (κ2) is 7.70. The third-order valence-corrected chi connectivity index (χ3v) is 3.82. The Bertz CT molecular complexity index is 783. The number of anilines is 1. The fraction of sp³-hybridized carbons (Fsp3) is 0.263. The molecule has 6 nitrogen and oxygen atoms in total. The van der Waals surface area contributed by atoms with Crippen molar-refractivity contribution in [1.82, 2.24) is 0 Å². The van der Waals surface area contributed by atoms with Crippen LogP contribution in [0, 0.1) is 6.92 Å². The molecule has 2 aromatic rings. The lowest BCUT2D eigenvalue weighted by molar-refractivity contribution is 0.0693. The number of rotatable bonds is 6. The first-order valence-electron chi connectivity index (χ1n) is 7.96. The maximum Gasteiger partial charge on any atom is 0.339 e. The van der Waals surface area contributed by atoms with E-state index in [1.54, 1.807) is 31.2 Å². The Labute approximate surface area is 146 Å². The van der Waals surface area contributed by atoms with Crippen LogP contribution in [-0.2, 0) is 0 Å². The number of phenols is 1. The smallest absolute Gasteiger partial charge is 0.339 e. The summed E-state index contributed by atoms with van der Waals surface area (Å²) in [6.07, 6.45) is 0.975. The lowest BCUT2D eigenvalue weighted by Gasteiger charge is -2.13. The van der Waals surface area contributed by atoms with Gasteiger partial charge in [-0.3, -0.25) is 4.79 Å². The van der Waals surface area contributed by atoms with Crippen molar-refractivity contribution in [2.75, 3.05) is 5.32 Å². The highest BCUT2D eigenvalue weighted by Crippen LogP contribution is 2.27. The fourth-order valence-electron chi connectivity index (χ4n) is 2.22. The average Bonchev–Trinajstić information content (AvgIpc) is 2.58. The minimum absolute atomic E-state index is 0.0917. The Morgan fingerprint density at radius 1 is 1.20 bits per heavy atom. The average molecular weight is 343 g/mol. The predicted molar refractivity (Wildman–Crippen MR) is 94.6 cm³/mol. The Kier molecular flexibility index (Phi) is 5.64. The molecular formula is C19H21NO5. The zero-order valence-electron chi connectivity index (χ0n) is 14.4. The van der Waals surface area contributed by atoms with E-state index in [2.05, 4.69) is 5.32 Å². The number of carboxylic acids is 1. The molecule has 0 aliphatic heterocycles. The molecule has 0 bridgehead atoms. The number of carbonyl (C=O) groups is 2. The second-order valence-electron chi connectivity index (χ2n) is 5.81. The summed E-state index contributed by atoms with van der Waals surface area (Å²) in [5, 5.41) is 21.5. The molecule has 0 aliphatic rings. The second-order valence-corrected chi connectivity index (χ2v) is 5.81. The summed E-state index contributed by atoms with van der Waals surface area (Å²) in [6.45, 7) is 5.56. The summed E-state index contributed by atoms with van der Waals surface area (Å²) in [4.78, 5) is 23.5. The maximum absolute atomic E-state index is 12.3. The Morgan fingerprint density at radius 3 is 2.40 bits per heavy atom. The van der Waals surface area contributed by atoms with Crippen molar-refractivity contribution in [3.05, 3.63) is 53.1 Å². The first-order chi connectivity index (χ1) is 11.8. The highest BCUT2D eigenvalue weighted by atomic mass is 16.5. The monoisotopic (exact) mass is 343 g/mol. The van der Waals surface area contributed by atoms with Crippen molar-refractivity contribution in [3.63, 3.8) is 0 Å². The number of amides is 1.